The summed E-state index contributed by atoms with van der Waals surface area (Å²) in [6, 6.07) is 10.3. The first-order valence-electron chi connectivity index (χ1n) is 4.76. The molecule has 1 N–H and O–H groups in total. The summed E-state index contributed by atoms with van der Waals surface area (Å²) < 4.78 is 0. The maximum Gasteiger partial charge on any atom is 0.0620 e. The Labute approximate surface area is 80.4 Å². The first-order chi connectivity index (χ1) is 6.00. The quantitative estimate of drug-likeness (QED) is 0.754. The summed E-state index contributed by atoms with van der Waals surface area (Å²) in [4.78, 5) is 0. The molecule has 0 aromatic heterocycles. The van der Waals surface area contributed by atoms with Crippen LogP contribution in [0.5, 0.6) is 0 Å². The molecule has 1 aromatic rings. The van der Waals surface area contributed by atoms with E-state index in [-0.39, 0.29) is 5.92 Å². The molecule has 1 aromatic carbocycles. The lowest BCUT2D eigenvalue weighted by Crippen LogP contribution is -2.29. The predicted molar refractivity (Wildman–Crippen MR) is 55.6 cm³/mol. The summed E-state index contributed by atoms with van der Waals surface area (Å²) in [5.41, 5.74) is 0.702. The molecule has 72 valence electrons. The highest BCUT2D eigenvalue weighted by atomic mass is 16.3. The van der Waals surface area contributed by atoms with Gasteiger partial charge in [-0.3, -0.25) is 0 Å². The van der Waals surface area contributed by atoms with Crippen molar-refractivity contribution in [3.63, 3.8) is 0 Å². The average Bonchev–Trinajstić information content (AvgIpc) is 2.04. The number of aliphatic hydroxyl groups is 1. The molecule has 0 aliphatic rings. The van der Waals surface area contributed by atoms with Gasteiger partial charge < -0.3 is 5.11 Å². The van der Waals surface area contributed by atoms with Gasteiger partial charge in [-0.1, -0.05) is 37.3 Å². The van der Waals surface area contributed by atoms with Crippen LogP contribution in [0.15, 0.2) is 30.3 Å². The lowest BCUT2D eigenvalue weighted by atomic mass is 9.87. The smallest absolute Gasteiger partial charge is 0.0620 e. The topological polar surface area (TPSA) is 20.2 Å². The van der Waals surface area contributed by atoms with Gasteiger partial charge in [0.25, 0.3) is 0 Å². The Kier molecular flexibility index (Phi) is 3.10. The zero-order chi connectivity index (χ0) is 9.90. The lowest BCUT2D eigenvalue weighted by Gasteiger charge is -2.25. The summed E-state index contributed by atoms with van der Waals surface area (Å²) in [6.45, 7) is 5.80. The number of benzene rings is 1. The van der Waals surface area contributed by atoms with Crippen LogP contribution in [0.4, 0.5) is 0 Å². The SMILES string of the molecule is C[C@H](Cc1ccccc1)C(C)(C)O. The van der Waals surface area contributed by atoms with E-state index in [4.69, 9.17) is 0 Å². The van der Waals surface area contributed by atoms with Crippen LogP contribution in [0.3, 0.4) is 0 Å². The highest BCUT2D eigenvalue weighted by Crippen LogP contribution is 2.20. The fraction of sp³-hybridized carbons (Fsp3) is 0.500. The Bertz CT molecular complexity index is 246. The molecule has 0 spiro atoms. The molecule has 0 aliphatic carbocycles. The lowest BCUT2D eigenvalue weighted by molar-refractivity contribution is 0.0251. The Morgan fingerprint density at radius 2 is 1.77 bits per heavy atom. The maximum atomic E-state index is 9.75. The third kappa shape index (κ3) is 3.19. The second kappa shape index (κ2) is 3.93. The Morgan fingerprint density at radius 3 is 2.23 bits per heavy atom. The van der Waals surface area contributed by atoms with Gasteiger partial charge in [-0.15, -0.1) is 0 Å². The molecule has 0 radical (unpaired) electrons. The minimum Gasteiger partial charge on any atom is -0.390 e. The molecule has 0 saturated carbocycles. The minimum absolute atomic E-state index is 0.287. The van der Waals surface area contributed by atoms with Crippen molar-refractivity contribution in [2.24, 2.45) is 5.92 Å². The fourth-order valence-corrected chi connectivity index (χ4v) is 1.22. The number of hydrogen-bond acceptors (Lipinski definition) is 1. The summed E-state index contributed by atoms with van der Waals surface area (Å²) in [7, 11) is 0. The van der Waals surface area contributed by atoms with Crippen molar-refractivity contribution in [3.8, 4) is 0 Å². The standard InChI is InChI=1S/C12H18O/c1-10(12(2,3)13)9-11-7-5-4-6-8-11/h4-8,10,13H,9H2,1-3H3/t10-/m1/s1. The van der Waals surface area contributed by atoms with Crippen LogP contribution in [0, 0.1) is 5.92 Å². The minimum atomic E-state index is -0.587. The van der Waals surface area contributed by atoms with Gasteiger partial charge in [-0.2, -0.15) is 0 Å². The largest absolute Gasteiger partial charge is 0.390 e. The van der Waals surface area contributed by atoms with E-state index >= 15 is 0 Å². The maximum absolute atomic E-state index is 9.75. The van der Waals surface area contributed by atoms with Crippen molar-refractivity contribution < 1.29 is 5.11 Å². The van der Waals surface area contributed by atoms with E-state index in [1.807, 2.05) is 32.0 Å². The van der Waals surface area contributed by atoms with E-state index in [1.54, 1.807) is 0 Å². The highest BCUT2D eigenvalue weighted by molar-refractivity contribution is 5.15. The molecule has 0 unspecified atom stereocenters. The Hall–Kier alpha value is -0.820. The van der Waals surface area contributed by atoms with E-state index in [2.05, 4.69) is 19.1 Å². The zero-order valence-electron chi connectivity index (χ0n) is 8.62. The van der Waals surface area contributed by atoms with Crippen molar-refractivity contribution in [1.29, 1.82) is 0 Å². The molecule has 0 amide bonds. The molecule has 0 heterocycles. The average molecular weight is 178 g/mol. The van der Waals surface area contributed by atoms with Gasteiger partial charge in [0.05, 0.1) is 5.60 Å². The summed E-state index contributed by atoms with van der Waals surface area (Å²) >= 11 is 0. The van der Waals surface area contributed by atoms with Crippen LogP contribution in [-0.4, -0.2) is 10.7 Å². The Morgan fingerprint density at radius 1 is 1.23 bits per heavy atom. The molecule has 1 heteroatoms. The monoisotopic (exact) mass is 178 g/mol. The van der Waals surface area contributed by atoms with Crippen LogP contribution in [0.1, 0.15) is 26.3 Å². The molecule has 0 fully saturated rings. The summed E-state index contributed by atoms with van der Waals surface area (Å²) in [6.07, 6.45) is 0.935. The van der Waals surface area contributed by atoms with E-state index in [0.717, 1.165) is 6.42 Å². The van der Waals surface area contributed by atoms with Crippen molar-refractivity contribution in [2.75, 3.05) is 0 Å². The number of hydrogen-bond donors (Lipinski definition) is 1. The summed E-state index contributed by atoms with van der Waals surface area (Å²) in [5, 5.41) is 9.75. The molecule has 0 saturated heterocycles. The molecule has 0 bridgehead atoms. The van der Waals surface area contributed by atoms with Crippen LogP contribution >= 0.6 is 0 Å². The van der Waals surface area contributed by atoms with E-state index < -0.39 is 5.60 Å². The second-order valence-corrected chi connectivity index (χ2v) is 4.24. The molecular formula is C12H18O. The van der Waals surface area contributed by atoms with Crippen LogP contribution in [0.25, 0.3) is 0 Å². The van der Waals surface area contributed by atoms with Gasteiger partial charge >= 0.3 is 0 Å². The molecule has 0 aliphatic heterocycles. The van der Waals surface area contributed by atoms with Gasteiger partial charge in [0.1, 0.15) is 0 Å². The van der Waals surface area contributed by atoms with E-state index in [1.165, 1.54) is 5.56 Å². The van der Waals surface area contributed by atoms with Gasteiger partial charge in [-0.05, 0) is 31.7 Å². The van der Waals surface area contributed by atoms with Crippen molar-refractivity contribution in [2.45, 2.75) is 32.8 Å². The van der Waals surface area contributed by atoms with Crippen molar-refractivity contribution >= 4 is 0 Å². The van der Waals surface area contributed by atoms with Gasteiger partial charge in [0.15, 0.2) is 0 Å². The first kappa shape index (κ1) is 10.3. The molecule has 1 atom stereocenters. The van der Waals surface area contributed by atoms with E-state index in [0.29, 0.717) is 0 Å². The Balaban J connectivity index is 2.61. The van der Waals surface area contributed by atoms with Crippen LogP contribution in [-0.2, 0) is 6.42 Å². The number of rotatable bonds is 3. The van der Waals surface area contributed by atoms with Gasteiger partial charge in [-0.25, -0.2) is 0 Å². The van der Waals surface area contributed by atoms with E-state index in [9.17, 15) is 5.11 Å². The van der Waals surface area contributed by atoms with Crippen molar-refractivity contribution in [3.05, 3.63) is 35.9 Å². The van der Waals surface area contributed by atoms with Gasteiger partial charge in [0, 0.05) is 0 Å². The fourth-order valence-electron chi connectivity index (χ4n) is 1.22. The third-order valence-electron chi connectivity index (χ3n) is 2.59. The zero-order valence-corrected chi connectivity index (χ0v) is 8.62. The molecule has 1 rings (SSSR count). The second-order valence-electron chi connectivity index (χ2n) is 4.24. The third-order valence-corrected chi connectivity index (χ3v) is 2.59. The predicted octanol–water partition coefficient (Wildman–Crippen LogP) is 2.64. The van der Waals surface area contributed by atoms with Crippen LogP contribution in [0.2, 0.25) is 0 Å². The normalized spacial score (nSPS) is 14.2. The van der Waals surface area contributed by atoms with Crippen LogP contribution < -0.4 is 0 Å². The first-order valence-corrected chi connectivity index (χ1v) is 4.76. The van der Waals surface area contributed by atoms with Crippen molar-refractivity contribution in [1.82, 2.24) is 0 Å². The summed E-state index contributed by atoms with van der Waals surface area (Å²) in [5.74, 6) is 0.287. The highest BCUT2D eigenvalue weighted by Gasteiger charge is 2.21. The molecule has 1 nitrogen and oxygen atoms in total. The molecule has 13 heavy (non-hydrogen) atoms. The molecular weight excluding hydrogens is 160 g/mol. The van der Waals surface area contributed by atoms with Gasteiger partial charge in [0.2, 0.25) is 0 Å².